The Bertz CT molecular complexity index is 1110. The molecule has 8 heteroatoms. The van der Waals surface area contributed by atoms with Gasteiger partial charge in [0.25, 0.3) is 0 Å². The molecule has 3 aromatic rings. The lowest BCUT2D eigenvalue weighted by Crippen LogP contribution is -2.45. The first-order valence-electron chi connectivity index (χ1n) is 11.3. The highest BCUT2D eigenvalue weighted by molar-refractivity contribution is 5.88. The Morgan fingerprint density at radius 1 is 1.06 bits per heavy atom. The number of anilines is 3. The van der Waals surface area contributed by atoms with Crippen LogP contribution in [0.3, 0.4) is 0 Å². The van der Waals surface area contributed by atoms with Crippen LogP contribution in [0.4, 0.5) is 17.3 Å². The summed E-state index contributed by atoms with van der Waals surface area (Å²) in [5, 5.41) is 0. The molecule has 1 fully saturated rings. The monoisotopic (exact) mass is 446 g/mol. The van der Waals surface area contributed by atoms with Crippen molar-refractivity contribution < 1.29 is 9.53 Å². The molecule has 0 amide bonds. The van der Waals surface area contributed by atoms with Crippen molar-refractivity contribution in [2.24, 2.45) is 5.41 Å². The van der Waals surface area contributed by atoms with Gasteiger partial charge in [-0.1, -0.05) is 13.0 Å². The summed E-state index contributed by atoms with van der Waals surface area (Å²) in [6.45, 7) is 5.73. The van der Waals surface area contributed by atoms with Crippen molar-refractivity contribution in [3.8, 4) is 22.4 Å². The fourth-order valence-electron chi connectivity index (χ4n) is 4.33. The second-order valence-electron chi connectivity index (χ2n) is 8.35. The van der Waals surface area contributed by atoms with Crippen LogP contribution in [0.1, 0.15) is 33.1 Å². The number of nitrogens with two attached hydrogens (primary N) is 2. The number of carbonyl (C=O) groups is 1. The maximum Gasteiger partial charge on any atom is 0.312 e. The minimum Gasteiger partial charge on any atom is -0.466 e. The Labute approximate surface area is 194 Å². The third-order valence-corrected chi connectivity index (χ3v) is 6.51. The number of carbonyl (C=O) groups excluding carboxylic acids is 1. The van der Waals surface area contributed by atoms with E-state index in [-0.39, 0.29) is 5.97 Å². The highest BCUT2D eigenvalue weighted by atomic mass is 16.5. The summed E-state index contributed by atoms with van der Waals surface area (Å²) in [7, 11) is 0. The largest absolute Gasteiger partial charge is 0.466 e. The van der Waals surface area contributed by atoms with Gasteiger partial charge in [0.1, 0.15) is 0 Å². The first-order chi connectivity index (χ1) is 16.0. The molecule has 33 heavy (non-hydrogen) atoms. The molecule has 4 rings (SSSR count). The number of benzene rings is 1. The molecule has 1 saturated heterocycles. The van der Waals surface area contributed by atoms with Gasteiger partial charge in [-0.15, -0.1) is 0 Å². The Morgan fingerprint density at radius 2 is 1.79 bits per heavy atom. The molecule has 3 heterocycles. The number of nitrogens with zero attached hydrogens (tertiary/aromatic N) is 4. The third kappa shape index (κ3) is 4.46. The Morgan fingerprint density at radius 3 is 2.39 bits per heavy atom. The number of nitrogen functional groups attached to an aromatic ring is 2. The lowest BCUT2D eigenvalue weighted by Gasteiger charge is -2.39. The Hall–Kier alpha value is -3.68. The van der Waals surface area contributed by atoms with Gasteiger partial charge in [-0.05, 0) is 56.0 Å². The van der Waals surface area contributed by atoms with E-state index in [1.54, 1.807) is 18.6 Å². The van der Waals surface area contributed by atoms with E-state index < -0.39 is 5.41 Å². The number of esters is 1. The normalized spacial score (nSPS) is 15.3. The number of aromatic nitrogens is 3. The third-order valence-electron chi connectivity index (χ3n) is 6.51. The molecular formula is C25H30N6O2. The van der Waals surface area contributed by atoms with Gasteiger partial charge >= 0.3 is 5.97 Å². The average Bonchev–Trinajstić information content (AvgIpc) is 2.86. The maximum atomic E-state index is 12.5. The van der Waals surface area contributed by atoms with E-state index in [1.165, 1.54) is 0 Å². The zero-order chi connectivity index (χ0) is 23.4. The second-order valence-corrected chi connectivity index (χ2v) is 8.35. The van der Waals surface area contributed by atoms with Crippen molar-refractivity contribution in [3.05, 3.63) is 48.9 Å². The lowest BCUT2D eigenvalue weighted by atomic mass is 9.76. The van der Waals surface area contributed by atoms with Crippen LogP contribution in [0.25, 0.3) is 22.4 Å². The quantitative estimate of drug-likeness (QED) is 0.432. The molecule has 172 valence electrons. The minimum absolute atomic E-state index is 0.0898. The molecule has 0 aliphatic carbocycles. The molecule has 0 atom stereocenters. The van der Waals surface area contributed by atoms with Gasteiger partial charge in [0.15, 0.2) is 0 Å². The van der Waals surface area contributed by atoms with E-state index >= 15 is 0 Å². The van der Waals surface area contributed by atoms with E-state index in [0.29, 0.717) is 37.0 Å². The molecule has 0 saturated carbocycles. The number of piperidine rings is 1. The topological polar surface area (TPSA) is 120 Å². The van der Waals surface area contributed by atoms with Crippen molar-refractivity contribution in [3.63, 3.8) is 0 Å². The number of hydrogen-bond acceptors (Lipinski definition) is 8. The number of ether oxygens (including phenoxy) is 1. The standard InChI is InChI=1S/C25H30N6O2/c1-3-25(23(32)33-4-2)8-11-31(12-9-25)24-29-15-18(16-30-24)17-13-19(22(27)20(26)14-17)21-7-5-6-10-28-21/h5-7,10,13-16H,3-4,8-9,11-12,26-27H2,1-2H3. The van der Waals surface area contributed by atoms with Gasteiger partial charge in [0, 0.05) is 42.8 Å². The molecule has 1 aliphatic rings. The molecule has 8 nitrogen and oxygen atoms in total. The van der Waals surface area contributed by atoms with E-state index in [9.17, 15) is 4.79 Å². The number of rotatable bonds is 6. The van der Waals surface area contributed by atoms with Crippen molar-refractivity contribution in [1.82, 2.24) is 15.0 Å². The smallest absolute Gasteiger partial charge is 0.312 e. The van der Waals surface area contributed by atoms with E-state index in [2.05, 4.69) is 26.8 Å². The zero-order valence-corrected chi connectivity index (χ0v) is 19.1. The summed E-state index contributed by atoms with van der Waals surface area (Å²) >= 11 is 0. The SMILES string of the molecule is CCOC(=O)C1(CC)CCN(c2ncc(-c3cc(N)c(N)c(-c4ccccn4)c3)cn2)CC1. The van der Waals surface area contributed by atoms with Crippen LogP contribution in [0.5, 0.6) is 0 Å². The molecule has 4 N–H and O–H groups in total. The second kappa shape index (κ2) is 9.44. The van der Waals surface area contributed by atoms with Crippen LogP contribution in [0.15, 0.2) is 48.9 Å². The summed E-state index contributed by atoms with van der Waals surface area (Å²) in [5.41, 5.74) is 16.2. The van der Waals surface area contributed by atoms with Crippen molar-refractivity contribution >= 4 is 23.3 Å². The molecular weight excluding hydrogens is 416 g/mol. The molecule has 0 radical (unpaired) electrons. The minimum atomic E-state index is -0.407. The van der Waals surface area contributed by atoms with Crippen LogP contribution in [0.2, 0.25) is 0 Å². The number of hydrogen-bond donors (Lipinski definition) is 2. The van der Waals surface area contributed by atoms with Gasteiger partial charge in [0.2, 0.25) is 5.95 Å². The summed E-state index contributed by atoms with van der Waals surface area (Å²) in [6, 6.07) is 9.46. The van der Waals surface area contributed by atoms with Crippen LogP contribution in [-0.4, -0.2) is 40.6 Å². The summed E-state index contributed by atoms with van der Waals surface area (Å²) < 4.78 is 5.33. The zero-order valence-electron chi connectivity index (χ0n) is 19.1. The van der Waals surface area contributed by atoms with Crippen molar-refractivity contribution in [1.29, 1.82) is 0 Å². The average molecular weight is 447 g/mol. The fraction of sp³-hybridized carbons (Fsp3) is 0.360. The van der Waals surface area contributed by atoms with Gasteiger partial charge in [-0.3, -0.25) is 9.78 Å². The highest BCUT2D eigenvalue weighted by Gasteiger charge is 2.41. The molecule has 0 bridgehead atoms. The van der Waals surface area contributed by atoms with Crippen LogP contribution < -0.4 is 16.4 Å². The fourth-order valence-corrected chi connectivity index (χ4v) is 4.33. The first kappa shape index (κ1) is 22.5. The van der Waals surface area contributed by atoms with Crippen LogP contribution in [-0.2, 0) is 9.53 Å². The van der Waals surface area contributed by atoms with E-state index in [1.807, 2.05) is 37.3 Å². The number of pyridine rings is 1. The molecule has 2 aromatic heterocycles. The summed E-state index contributed by atoms with van der Waals surface area (Å²) in [4.78, 5) is 28.2. The van der Waals surface area contributed by atoms with Gasteiger partial charge in [-0.2, -0.15) is 0 Å². The van der Waals surface area contributed by atoms with Crippen molar-refractivity contribution in [2.45, 2.75) is 33.1 Å². The molecule has 1 aromatic carbocycles. The predicted molar refractivity (Wildman–Crippen MR) is 130 cm³/mol. The Kier molecular flexibility index (Phi) is 6.44. The first-order valence-corrected chi connectivity index (χ1v) is 11.3. The predicted octanol–water partition coefficient (Wildman–Crippen LogP) is 3.93. The summed E-state index contributed by atoms with van der Waals surface area (Å²) in [5.74, 6) is 0.564. The van der Waals surface area contributed by atoms with Gasteiger partial charge in [0.05, 0.1) is 29.1 Å². The highest BCUT2D eigenvalue weighted by Crippen LogP contribution is 2.38. The van der Waals surface area contributed by atoms with Gasteiger partial charge in [-0.25, -0.2) is 9.97 Å². The summed E-state index contributed by atoms with van der Waals surface area (Å²) in [6.07, 6.45) is 7.55. The molecule has 0 unspecified atom stereocenters. The van der Waals surface area contributed by atoms with Gasteiger partial charge < -0.3 is 21.1 Å². The van der Waals surface area contributed by atoms with Crippen LogP contribution in [0, 0.1) is 5.41 Å². The van der Waals surface area contributed by atoms with Crippen LogP contribution >= 0.6 is 0 Å². The molecule has 1 aliphatic heterocycles. The van der Waals surface area contributed by atoms with E-state index in [0.717, 1.165) is 41.6 Å². The van der Waals surface area contributed by atoms with E-state index in [4.69, 9.17) is 16.2 Å². The van der Waals surface area contributed by atoms with Crippen molar-refractivity contribution in [2.75, 3.05) is 36.1 Å². The maximum absolute atomic E-state index is 12.5. The lowest BCUT2D eigenvalue weighted by molar-refractivity contribution is -0.157. The molecule has 0 spiro atoms. The Balaban J connectivity index is 1.53.